The van der Waals surface area contributed by atoms with Crippen LogP contribution in [0.1, 0.15) is 0 Å². The molecule has 0 atom stereocenters. The van der Waals surface area contributed by atoms with Crippen molar-refractivity contribution < 1.29 is 22.4 Å². The van der Waals surface area contributed by atoms with Crippen molar-refractivity contribution in [1.82, 2.24) is 0 Å². The number of rotatable bonds is 4. The molecule has 2 aliphatic heterocycles. The van der Waals surface area contributed by atoms with Crippen LogP contribution in [0.15, 0.2) is 182 Å². The fourth-order valence-electron chi connectivity index (χ4n) is 6.08. The van der Waals surface area contributed by atoms with E-state index in [9.17, 15) is 0 Å². The van der Waals surface area contributed by atoms with Crippen LogP contribution in [0.2, 0.25) is 0 Å². The number of hydrogen-bond donors (Lipinski definition) is 0. The largest absolute Gasteiger partial charge is 0.658 e. The van der Waals surface area contributed by atoms with Crippen molar-refractivity contribution >= 4 is 51.6 Å². The summed E-state index contributed by atoms with van der Waals surface area (Å²) in [5, 5.41) is 10.5. The smallest absolute Gasteiger partial charge is 0.177 e. The second-order valence-corrected chi connectivity index (χ2v) is 14.3. The third kappa shape index (κ3) is 5.57. The van der Waals surface area contributed by atoms with Crippen LogP contribution in [0.5, 0.6) is 0 Å². The van der Waals surface area contributed by atoms with E-state index in [1.54, 1.807) is 0 Å². The van der Waals surface area contributed by atoms with E-state index in [1.165, 1.54) is 32.1 Å². The Morgan fingerprint density at radius 1 is 0.409 bits per heavy atom. The zero-order chi connectivity index (χ0) is 28.9. The molecule has 0 saturated heterocycles. The monoisotopic (exact) mass is 766 g/mol. The van der Waals surface area contributed by atoms with Gasteiger partial charge in [-0.2, -0.15) is 0 Å². The van der Waals surface area contributed by atoms with E-state index >= 15 is 0 Å². The molecule has 2 aliphatic rings. The molecule has 0 aliphatic carbocycles. The van der Waals surface area contributed by atoms with E-state index in [-0.39, 0.29) is 22.4 Å². The molecule has 0 N–H and O–H groups in total. The van der Waals surface area contributed by atoms with Gasteiger partial charge < -0.3 is 15.1 Å². The van der Waals surface area contributed by atoms with Crippen molar-refractivity contribution in [3.8, 4) is 0 Å². The molecule has 0 aromatic heterocycles. The zero-order valence-corrected chi connectivity index (χ0v) is 27.2. The molecule has 44 heavy (non-hydrogen) atoms. The summed E-state index contributed by atoms with van der Waals surface area (Å²) in [5.74, 6) is 0. The fourth-order valence-corrected chi connectivity index (χ4v) is 11.1. The Hall–Kier alpha value is -4.58. The predicted octanol–water partition coefficient (Wildman–Crippen LogP) is 7.32. The van der Waals surface area contributed by atoms with Crippen molar-refractivity contribution in [1.29, 1.82) is 0 Å². The Morgan fingerprint density at radius 2 is 0.750 bits per heavy atom. The van der Waals surface area contributed by atoms with Gasteiger partial charge in [-0.15, -0.1) is 18.0 Å². The maximum Gasteiger partial charge on any atom is 0.177 e. The topological polar surface area (TPSA) is 20.6 Å². The summed E-state index contributed by atoms with van der Waals surface area (Å²) >= 11 is 0. The van der Waals surface area contributed by atoms with Gasteiger partial charge in [-0.05, 0) is 47.0 Å². The van der Waals surface area contributed by atoms with Gasteiger partial charge in [0, 0.05) is 33.8 Å². The van der Waals surface area contributed by atoms with Gasteiger partial charge in [-0.1, -0.05) is 156 Å². The number of nitrogens with zero attached hydrogens (tertiary/aromatic N) is 3. The first-order valence-electron chi connectivity index (χ1n) is 14.6. The van der Waals surface area contributed by atoms with Crippen LogP contribution in [0.25, 0.3) is 5.32 Å². The fraction of sp³-hybridized carbons (Fsp3) is 0. The summed E-state index contributed by atoms with van der Waals surface area (Å²) in [4.78, 5) is 4.21. The van der Waals surface area contributed by atoms with Crippen LogP contribution in [0.3, 0.4) is 0 Å². The van der Waals surface area contributed by atoms with Gasteiger partial charge in [0.25, 0.3) is 0 Å². The summed E-state index contributed by atoms with van der Waals surface area (Å²) in [5.41, 5.74) is 4.54. The molecule has 5 heteroatoms. The van der Waals surface area contributed by atoms with E-state index in [1.807, 2.05) is 36.4 Å². The molecule has 2 heterocycles. The molecule has 3 nitrogen and oxygen atoms in total. The molecule has 6 aromatic rings. The molecule has 0 fully saturated rings. The van der Waals surface area contributed by atoms with Crippen LogP contribution < -0.4 is 30.5 Å². The molecule has 0 bridgehead atoms. The van der Waals surface area contributed by atoms with Crippen molar-refractivity contribution in [3.63, 3.8) is 0 Å². The predicted molar refractivity (Wildman–Crippen MR) is 184 cm³/mol. The Kier molecular flexibility index (Phi) is 8.96. The molecular weight excluding hydrogens is 736 g/mol. The zero-order valence-electron chi connectivity index (χ0n) is 24.0. The van der Waals surface area contributed by atoms with Crippen LogP contribution in [0.4, 0.5) is 22.7 Å². The van der Waals surface area contributed by atoms with E-state index in [0.717, 1.165) is 11.4 Å². The van der Waals surface area contributed by atoms with Gasteiger partial charge in [-0.25, -0.2) is 0 Å². The minimum atomic E-state index is -2.37. The van der Waals surface area contributed by atoms with Crippen molar-refractivity contribution in [2.75, 3.05) is 9.80 Å². The number of fused-ring (bicyclic) bond motifs is 2. The Bertz CT molecular complexity index is 1700. The maximum atomic E-state index is 4.99. The molecule has 0 unspecified atom stereocenters. The van der Waals surface area contributed by atoms with Crippen molar-refractivity contribution in [3.05, 3.63) is 194 Å². The number of benzene rings is 6. The summed E-state index contributed by atoms with van der Waals surface area (Å²) in [7, 11) is -2.37. The van der Waals surface area contributed by atoms with Gasteiger partial charge in [0.05, 0.1) is 0 Å². The van der Waals surface area contributed by atoms with E-state index in [4.69, 9.17) is 5.32 Å². The van der Waals surface area contributed by atoms with Gasteiger partial charge in [0.2, 0.25) is 0 Å². The summed E-state index contributed by atoms with van der Waals surface area (Å²) < 4.78 is 0. The van der Waals surface area contributed by atoms with Crippen LogP contribution >= 0.6 is 0 Å². The SMILES string of the molecule is C1=CN(c2ccccc2)[CH-]N1c1ccccc1.[Au].c1ccc([Si]2(c3ccccc3)c3ccccc3[N-]c3ccccc32)cc1. The average molecular weight is 767 g/mol. The second kappa shape index (κ2) is 13.4. The second-order valence-electron chi connectivity index (χ2n) is 10.5. The summed E-state index contributed by atoms with van der Waals surface area (Å²) in [6.45, 7) is 2.07. The average Bonchev–Trinajstić information content (AvgIpc) is 3.60. The third-order valence-electron chi connectivity index (χ3n) is 8.02. The first kappa shape index (κ1) is 29.5. The minimum Gasteiger partial charge on any atom is -0.658 e. The standard InChI is InChI=1S/C24H18NSi.C15H13N2.Au/c1-3-11-19(12-4-1)26(20-13-5-2-6-14-20)23-17-9-7-15-21(23)25-22-16-8-10-18-24(22)26;1-3-7-14(8-4-1)16-11-12-17(13-16)15-9-5-2-6-10-15;/h1-18H;1-13H;/q2*-1;. The van der Waals surface area contributed by atoms with Crippen molar-refractivity contribution in [2.45, 2.75) is 0 Å². The van der Waals surface area contributed by atoms with Gasteiger partial charge >= 0.3 is 0 Å². The Balaban J connectivity index is 0.000000166. The minimum absolute atomic E-state index is 0. The molecule has 6 aromatic carbocycles. The van der Waals surface area contributed by atoms with Gasteiger partial charge in [0.1, 0.15) is 0 Å². The van der Waals surface area contributed by atoms with E-state index < -0.39 is 8.07 Å². The molecule has 0 saturated carbocycles. The quantitative estimate of drug-likeness (QED) is 0.139. The number of para-hydroxylation sites is 4. The summed E-state index contributed by atoms with van der Waals surface area (Å²) in [6.07, 6.45) is 4.12. The number of anilines is 2. The molecule has 0 amide bonds. The molecule has 8 rings (SSSR count). The van der Waals surface area contributed by atoms with Gasteiger partial charge in [0.15, 0.2) is 8.07 Å². The molecule has 1 radical (unpaired) electrons. The third-order valence-corrected chi connectivity index (χ3v) is 12.9. The molecule has 0 spiro atoms. The van der Waals surface area contributed by atoms with E-state index in [2.05, 4.69) is 162 Å². The van der Waals surface area contributed by atoms with Crippen LogP contribution in [0, 0.1) is 6.67 Å². The Morgan fingerprint density at radius 3 is 1.16 bits per heavy atom. The Labute approximate surface area is 276 Å². The summed E-state index contributed by atoms with van der Waals surface area (Å²) in [6, 6.07) is 59.9. The molecule has 219 valence electrons. The van der Waals surface area contributed by atoms with E-state index in [0.29, 0.717) is 0 Å². The van der Waals surface area contributed by atoms with Crippen LogP contribution in [-0.2, 0) is 22.4 Å². The normalized spacial score (nSPS) is 13.8. The van der Waals surface area contributed by atoms with Gasteiger partial charge in [-0.3, -0.25) is 0 Å². The van der Waals surface area contributed by atoms with Crippen LogP contribution in [-0.4, -0.2) is 8.07 Å². The first-order valence-corrected chi connectivity index (χ1v) is 16.6. The number of hydrogen-bond acceptors (Lipinski definition) is 2. The first-order chi connectivity index (χ1) is 21.3. The molecular formula is C39H31AuN3Si-2. The maximum absolute atomic E-state index is 4.99. The van der Waals surface area contributed by atoms with Crippen molar-refractivity contribution in [2.24, 2.45) is 0 Å².